The van der Waals surface area contributed by atoms with Crippen molar-refractivity contribution in [2.75, 3.05) is 12.9 Å². The normalized spacial score (nSPS) is 12.2. The number of hydrogen-bond donors (Lipinski definition) is 1. The molecule has 0 aromatic carbocycles. The molecule has 2 N–H and O–H groups in total. The Morgan fingerprint density at radius 3 is 3.06 bits per heavy atom. The molecule has 1 heterocycles. The van der Waals surface area contributed by atoms with E-state index in [-0.39, 0.29) is 5.82 Å². The summed E-state index contributed by atoms with van der Waals surface area (Å²) in [5.74, 6) is 0.193. The Kier molecular flexibility index (Phi) is 5.21. The van der Waals surface area contributed by atoms with E-state index in [0.717, 1.165) is 11.8 Å². The Bertz CT molecular complexity index is 362. The van der Waals surface area contributed by atoms with E-state index in [1.165, 1.54) is 24.9 Å². The van der Waals surface area contributed by atoms with Gasteiger partial charge < -0.3 is 10.5 Å². The quantitative estimate of drug-likeness (QED) is 0.781. The molecule has 0 amide bonds. The number of rotatable bonds is 5. The van der Waals surface area contributed by atoms with Gasteiger partial charge in [-0.05, 0) is 11.6 Å². The molecule has 88 valence electrons. The topological polar surface area (TPSA) is 65.2 Å². The maximum atomic E-state index is 12.8. The molecule has 0 fully saturated rings. The molecule has 1 rings (SSSR count). The predicted octanol–water partition coefficient (Wildman–Crippen LogP) is 0.954. The van der Waals surface area contributed by atoms with E-state index in [4.69, 9.17) is 5.73 Å². The van der Waals surface area contributed by atoms with Crippen LogP contribution in [0.5, 0.6) is 0 Å². The van der Waals surface area contributed by atoms with Crippen molar-refractivity contribution in [1.29, 1.82) is 0 Å². The number of ether oxygens (including phenoxy) is 1. The van der Waals surface area contributed by atoms with Gasteiger partial charge in [0.25, 0.3) is 0 Å². The molecule has 1 unspecified atom stereocenters. The van der Waals surface area contributed by atoms with Crippen molar-refractivity contribution in [3.63, 3.8) is 0 Å². The lowest BCUT2D eigenvalue weighted by Gasteiger charge is -2.08. The lowest BCUT2D eigenvalue weighted by atomic mass is 10.3. The van der Waals surface area contributed by atoms with E-state index in [0.29, 0.717) is 11.5 Å². The van der Waals surface area contributed by atoms with Crippen molar-refractivity contribution in [1.82, 2.24) is 4.98 Å². The fourth-order valence-corrected chi connectivity index (χ4v) is 1.96. The molecule has 0 saturated carbocycles. The number of esters is 1. The van der Waals surface area contributed by atoms with Crippen molar-refractivity contribution in [3.8, 4) is 0 Å². The van der Waals surface area contributed by atoms with Crippen LogP contribution in [-0.2, 0) is 15.3 Å². The minimum Gasteiger partial charge on any atom is -0.468 e. The molecule has 0 aliphatic carbocycles. The highest BCUT2D eigenvalue weighted by molar-refractivity contribution is 7.98. The summed E-state index contributed by atoms with van der Waals surface area (Å²) in [5, 5.41) is 0. The van der Waals surface area contributed by atoms with Gasteiger partial charge in [0, 0.05) is 17.7 Å². The summed E-state index contributed by atoms with van der Waals surface area (Å²) in [5.41, 5.74) is 6.30. The van der Waals surface area contributed by atoms with Crippen LogP contribution in [0.1, 0.15) is 5.56 Å². The second-order valence-corrected chi connectivity index (χ2v) is 4.19. The lowest BCUT2D eigenvalue weighted by Crippen LogP contribution is -2.33. The first-order valence-electron chi connectivity index (χ1n) is 4.64. The zero-order valence-corrected chi connectivity index (χ0v) is 9.67. The van der Waals surface area contributed by atoms with Gasteiger partial charge in [0.2, 0.25) is 0 Å². The molecule has 1 aromatic rings. The first-order valence-corrected chi connectivity index (χ1v) is 5.79. The molecule has 0 spiro atoms. The minimum atomic E-state index is -0.642. The minimum absolute atomic E-state index is 0.365. The van der Waals surface area contributed by atoms with Crippen LogP contribution >= 0.6 is 11.8 Å². The number of hydrogen-bond acceptors (Lipinski definition) is 5. The number of carbonyl (C=O) groups excluding carboxylic acids is 1. The summed E-state index contributed by atoms with van der Waals surface area (Å²) < 4.78 is 17.2. The van der Waals surface area contributed by atoms with Crippen molar-refractivity contribution in [3.05, 3.63) is 29.8 Å². The van der Waals surface area contributed by atoms with Gasteiger partial charge in [0.15, 0.2) is 0 Å². The number of carbonyl (C=O) groups is 1. The Labute approximate surface area is 97.4 Å². The molecule has 1 atom stereocenters. The Morgan fingerprint density at radius 1 is 1.69 bits per heavy atom. The fourth-order valence-electron chi connectivity index (χ4n) is 1.06. The van der Waals surface area contributed by atoms with E-state index in [1.807, 2.05) is 0 Å². The van der Waals surface area contributed by atoms with Gasteiger partial charge in [-0.3, -0.25) is 9.78 Å². The first kappa shape index (κ1) is 12.9. The Hall–Kier alpha value is -1.14. The van der Waals surface area contributed by atoms with E-state index in [9.17, 15) is 9.18 Å². The fraction of sp³-hybridized carbons (Fsp3) is 0.400. The highest BCUT2D eigenvalue weighted by Gasteiger charge is 2.13. The van der Waals surface area contributed by atoms with Crippen LogP contribution in [0.2, 0.25) is 0 Å². The first-order chi connectivity index (χ1) is 7.63. The highest BCUT2D eigenvalue weighted by Crippen LogP contribution is 2.12. The third kappa shape index (κ3) is 4.16. The summed E-state index contributed by atoms with van der Waals surface area (Å²) >= 11 is 1.43. The van der Waals surface area contributed by atoms with Crippen LogP contribution in [0.4, 0.5) is 4.39 Å². The van der Waals surface area contributed by atoms with E-state index < -0.39 is 12.0 Å². The van der Waals surface area contributed by atoms with Crippen LogP contribution in [-0.4, -0.2) is 29.9 Å². The SMILES string of the molecule is COC(=O)C(N)CSCc1cncc(F)c1. The van der Waals surface area contributed by atoms with Gasteiger partial charge in [-0.2, -0.15) is 11.8 Å². The number of pyridine rings is 1. The van der Waals surface area contributed by atoms with Gasteiger partial charge in [-0.25, -0.2) is 4.39 Å². The van der Waals surface area contributed by atoms with E-state index in [2.05, 4.69) is 9.72 Å². The Balaban J connectivity index is 2.33. The van der Waals surface area contributed by atoms with E-state index >= 15 is 0 Å². The predicted molar refractivity (Wildman–Crippen MR) is 60.3 cm³/mol. The van der Waals surface area contributed by atoms with Crippen molar-refractivity contribution >= 4 is 17.7 Å². The molecule has 0 aliphatic rings. The van der Waals surface area contributed by atoms with Crippen LogP contribution in [0.25, 0.3) is 0 Å². The van der Waals surface area contributed by atoms with Crippen molar-refractivity contribution in [2.24, 2.45) is 5.73 Å². The molecule has 0 saturated heterocycles. The molecule has 1 aromatic heterocycles. The van der Waals surface area contributed by atoms with Crippen LogP contribution in [0, 0.1) is 5.82 Å². The number of methoxy groups -OCH3 is 1. The van der Waals surface area contributed by atoms with Gasteiger partial charge in [0.05, 0.1) is 13.3 Å². The number of nitrogens with two attached hydrogens (primary N) is 1. The Morgan fingerprint density at radius 2 is 2.44 bits per heavy atom. The monoisotopic (exact) mass is 244 g/mol. The van der Waals surface area contributed by atoms with Crippen molar-refractivity contribution in [2.45, 2.75) is 11.8 Å². The molecular formula is C10H13FN2O2S. The zero-order valence-electron chi connectivity index (χ0n) is 8.85. The maximum absolute atomic E-state index is 12.8. The third-order valence-electron chi connectivity index (χ3n) is 1.83. The largest absolute Gasteiger partial charge is 0.468 e. The molecule has 0 aliphatic heterocycles. The second kappa shape index (κ2) is 6.44. The number of aromatic nitrogens is 1. The van der Waals surface area contributed by atoms with Gasteiger partial charge in [-0.15, -0.1) is 0 Å². The standard InChI is InChI=1S/C10H13FN2O2S/c1-15-10(14)9(12)6-16-5-7-2-8(11)4-13-3-7/h2-4,9H,5-6,12H2,1H3. The second-order valence-electron chi connectivity index (χ2n) is 3.16. The summed E-state index contributed by atoms with van der Waals surface area (Å²) in [6.07, 6.45) is 2.73. The van der Waals surface area contributed by atoms with Crippen LogP contribution in [0.15, 0.2) is 18.5 Å². The average molecular weight is 244 g/mol. The third-order valence-corrected chi connectivity index (χ3v) is 2.96. The summed E-state index contributed by atoms with van der Waals surface area (Å²) in [6, 6.07) is 0.764. The number of thioether (sulfide) groups is 1. The van der Waals surface area contributed by atoms with Crippen LogP contribution in [0.3, 0.4) is 0 Å². The van der Waals surface area contributed by atoms with Gasteiger partial charge in [-0.1, -0.05) is 0 Å². The molecule has 0 radical (unpaired) electrons. The number of halogens is 1. The summed E-state index contributed by atoms with van der Waals surface area (Å²) in [6.45, 7) is 0. The number of nitrogens with zero attached hydrogens (tertiary/aromatic N) is 1. The molecule has 16 heavy (non-hydrogen) atoms. The summed E-state index contributed by atoms with van der Waals surface area (Å²) in [7, 11) is 1.29. The average Bonchev–Trinajstić information content (AvgIpc) is 2.28. The smallest absolute Gasteiger partial charge is 0.323 e. The summed E-state index contributed by atoms with van der Waals surface area (Å²) in [4.78, 5) is 14.7. The lowest BCUT2D eigenvalue weighted by molar-refractivity contribution is -0.141. The highest BCUT2D eigenvalue weighted by atomic mass is 32.2. The van der Waals surface area contributed by atoms with Crippen LogP contribution < -0.4 is 5.73 Å². The van der Waals surface area contributed by atoms with Crippen molar-refractivity contribution < 1.29 is 13.9 Å². The van der Waals surface area contributed by atoms with Gasteiger partial charge >= 0.3 is 5.97 Å². The zero-order chi connectivity index (χ0) is 12.0. The van der Waals surface area contributed by atoms with E-state index in [1.54, 1.807) is 6.20 Å². The molecule has 4 nitrogen and oxygen atoms in total. The molecular weight excluding hydrogens is 231 g/mol. The van der Waals surface area contributed by atoms with Gasteiger partial charge in [0.1, 0.15) is 11.9 Å². The molecule has 6 heteroatoms. The maximum Gasteiger partial charge on any atom is 0.323 e. The molecule has 0 bridgehead atoms.